The maximum atomic E-state index is 5.81. The van der Waals surface area contributed by atoms with Crippen molar-refractivity contribution < 1.29 is 0 Å². The lowest BCUT2D eigenvalue weighted by atomic mass is 10.2. The average molecular weight is 254 g/mol. The minimum atomic E-state index is 0.708. The highest BCUT2D eigenvalue weighted by molar-refractivity contribution is 7.99. The largest absolute Gasteiger partial charge is 0.399 e. The first-order valence-corrected chi connectivity index (χ1v) is 6.24. The minimum absolute atomic E-state index is 0.708. The number of nitrogens with two attached hydrogens (primary N) is 1. The number of nitrogen functional groups attached to an aromatic ring is 1. The number of hydrogen-bond donors (Lipinski definition) is 1. The Kier molecular flexibility index (Phi) is 2.82. The lowest BCUT2D eigenvalue weighted by Crippen LogP contribution is -1.90. The van der Waals surface area contributed by atoms with Crippen LogP contribution in [0.2, 0.25) is 0 Å². The van der Waals surface area contributed by atoms with Crippen molar-refractivity contribution >= 4 is 28.4 Å². The highest BCUT2D eigenvalue weighted by Gasteiger charge is 2.06. The van der Waals surface area contributed by atoms with Crippen LogP contribution in [-0.4, -0.2) is 15.0 Å². The van der Waals surface area contributed by atoms with Crippen LogP contribution in [0.3, 0.4) is 0 Å². The number of pyridine rings is 1. The van der Waals surface area contributed by atoms with E-state index < -0.39 is 0 Å². The van der Waals surface area contributed by atoms with Gasteiger partial charge >= 0.3 is 0 Å². The normalized spacial score (nSPS) is 10.7. The number of rotatable bonds is 2. The van der Waals surface area contributed by atoms with Crippen LogP contribution in [0.15, 0.2) is 59.0 Å². The fourth-order valence-corrected chi connectivity index (χ4v) is 2.47. The van der Waals surface area contributed by atoms with Gasteiger partial charge in [0.1, 0.15) is 16.4 Å². The SMILES string of the molecule is Nc1ccc2ncnc(Sc3ccccn3)c2c1. The molecule has 0 saturated heterocycles. The Morgan fingerprint density at radius 2 is 1.94 bits per heavy atom. The molecule has 2 heterocycles. The summed E-state index contributed by atoms with van der Waals surface area (Å²) in [7, 11) is 0. The Hall–Kier alpha value is -2.14. The number of hydrogen-bond acceptors (Lipinski definition) is 5. The standard InChI is InChI=1S/C13H10N4S/c14-9-4-5-11-10(7-9)13(17-8-16-11)18-12-3-1-2-6-15-12/h1-8H,14H2. The summed E-state index contributed by atoms with van der Waals surface area (Å²) in [6.45, 7) is 0. The molecule has 0 aliphatic heterocycles. The van der Waals surface area contributed by atoms with Crippen LogP contribution in [0.5, 0.6) is 0 Å². The van der Waals surface area contributed by atoms with Gasteiger partial charge in [-0.2, -0.15) is 0 Å². The van der Waals surface area contributed by atoms with E-state index in [4.69, 9.17) is 5.73 Å². The Labute approximate surface area is 108 Å². The van der Waals surface area contributed by atoms with E-state index in [1.54, 1.807) is 12.5 Å². The molecule has 0 spiro atoms. The second kappa shape index (κ2) is 4.62. The summed E-state index contributed by atoms with van der Waals surface area (Å²) < 4.78 is 0. The molecular formula is C13H10N4S. The molecule has 1 aromatic carbocycles. The van der Waals surface area contributed by atoms with Gasteiger partial charge in [0, 0.05) is 17.3 Å². The maximum Gasteiger partial charge on any atom is 0.117 e. The predicted octanol–water partition coefficient (Wildman–Crippen LogP) is 2.76. The van der Waals surface area contributed by atoms with Gasteiger partial charge in [0.05, 0.1) is 5.52 Å². The van der Waals surface area contributed by atoms with Crippen LogP contribution >= 0.6 is 11.8 Å². The lowest BCUT2D eigenvalue weighted by Gasteiger charge is -2.04. The molecule has 18 heavy (non-hydrogen) atoms. The molecule has 2 aromatic heterocycles. The molecule has 88 valence electrons. The molecule has 0 aliphatic rings. The van der Waals surface area contributed by atoms with Crippen molar-refractivity contribution in [1.29, 1.82) is 0 Å². The summed E-state index contributed by atoms with van der Waals surface area (Å²) in [5, 5.41) is 2.72. The van der Waals surface area contributed by atoms with Gasteiger partial charge in [0.25, 0.3) is 0 Å². The van der Waals surface area contributed by atoms with Gasteiger partial charge in [-0.05, 0) is 42.1 Å². The fraction of sp³-hybridized carbons (Fsp3) is 0. The van der Waals surface area contributed by atoms with Crippen molar-refractivity contribution in [2.75, 3.05) is 5.73 Å². The molecule has 0 atom stereocenters. The molecule has 3 rings (SSSR count). The molecule has 0 fully saturated rings. The highest BCUT2D eigenvalue weighted by atomic mass is 32.2. The Morgan fingerprint density at radius 1 is 1.00 bits per heavy atom. The summed E-state index contributed by atoms with van der Waals surface area (Å²) >= 11 is 1.51. The van der Waals surface area contributed by atoms with E-state index in [9.17, 15) is 0 Å². The first-order chi connectivity index (χ1) is 8.83. The van der Waals surface area contributed by atoms with Crippen LogP contribution in [0.1, 0.15) is 0 Å². The van der Waals surface area contributed by atoms with E-state index in [-0.39, 0.29) is 0 Å². The van der Waals surface area contributed by atoms with Crippen LogP contribution in [0.25, 0.3) is 10.9 Å². The average Bonchev–Trinajstić information content (AvgIpc) is 2.41. The van der Waals surface area contributed by atoms with E-state index in [0.717, 1.165) is 21.0 Å². The zero-order chi connectivity index (χ0) is 12.4. The Morgan fingerprint density at radius 3 is 2.78 bits per heavy atom. The van der Waals surface area contributed by atoms with E-state index in [2.05, 4.69) is 15.0 Å². The van der Waals surface area contributed by atoms with Gasteiger partial charge in [0.15, 0.2) is 0 Å². The molecule has 5 heteroatoms. The molecule has 2 N–H and O–H groups in total. The van der Waals surface area contributed by atoms with E-state index in [0.29, 0.717) is 5.69 Å². The summed E-state index contributed by atoms with van der Waals surface area (Å²) in [4.78, 5) is 12.8. The van der Waals surface area contributed by atoms with E-state index in [1.807, 2.05) is 36.4 Å². The van der Waals surface area contributed by atoms with Crippen molar-refractivity contribution in [3.63, 3.8) is 0 Å². The molecule has 0 saturated carbocycles. The topological polar surface area (TPSA) is 64.7 Å². The maximum absolute atomic E-state index is 5.81. The third kappa shape index (κ3) is 2.12. The second-order valence-electron chi connectivity index (χ2n) is 3.73. The summed E-state index contributed by atoms with van der Waals surface area (Å²) in [5.74, 6) is 0. The van der Waals surface area contributed by atoms with Crippen molar-refractivity contribution in [3.05, 3.63) is 48.9 Å². The Balaban J connectivity index is 2.09. The zero-order valence-corrected chi connectivity index (χ0v) is 10.3. The van der Waals surface area contributed by atoms with Gasteiger partial charge in [-0.25, -0.2) is 15.0 Å². The number of nitrogens with zero attached hydrogens (tertiary/aromatic N) is 3. The zero-order valence-electron chi connectivity index (χ0n) is 9.45. The highest BCUT2D eigenvalue weighted by Crippen LogP contribution is 2.30. The first-order valence-electron chi connectivity index (χ1n) is 5.42. The number of aromatic nitrogens is 3. The quantitative estimate of drug-likeness (QED) is 0.562. The van der Waals surface area contributed by atoms with Gasteiger partial charge in [-0.3, -0.25) is 0 Å². The van der Waals surface area contributed by atoms with Crippen LogP contribution in [0.4, 0.5) is 5.69 Å². The molecule has 0 radical (unpaired) electrons. The number of fused-ring (bicyclic) bond motifs is 1. The van der Waals surface area contributed by atoms with Crippen LogP contribution in [-0.2, 0) is 0 Å². The van der Waals surface area contributed by atoms with Crippen LogP contribution < -0.4 is 5.73 Å². The first kappa shape index (κ1) is 11.0. The fourth-order valence-electron chi connectivity index (χ4n) is 1.64. The van der Waals surface area contributed by atoms with Crippen molar-refractivity contribution in [2.24, 2.45) is 0 Å². The molecule has 0 unspecified atom stereocenters. The summed E-state index contributed by atoms with van der Waals surface area (Å²) in [6, 6.07) is 11.4. The molecule has 0 amide bonds. The molecule has 0 bridgehead atoms. The predicted molar refractivity (Wildman–Crippen MR) is 72.3 cm³/mol. The van der Waals surface area contributed by atoms with Gasteiger partial charge < -0.3 is 5.73 Å². The van der Waals surface area contributed by atoms with E-state index in [1.165, 1.54) is 11.8 Å². The van der Waals surface area contributed by atoms with Gasteiger partial charge in [0.2, 0.25) is 0 Å². The van der Waals surface area contributed by atoms with Crippen molar-refractivity contribution in [2.45, 2.75) is 10.1 Å². The third-order valence-electron chi connectivity index (χ3n) is 2.46. The second-order valence-corrected chi connectivity index (χ2v) is 4.73. The van der Waals surface area contributed by atoms with Gasteiger partial charge in [-0.1, -0.05) is 6.07 Å². The number of benzene rings is 1. The lowest BCUT2D eigenvalue weighted by molar-refractivity contribution is 1.08. The third-order valence-corrected chi connectivity index (χ3v) is 3.43. The van der Waals surface area contributed by atoms with Gasteiger partial charge in [-0.15, -0.1) is 0 Å². The number of anilines is 1. The molecule has 3 aromatic rings. The molecule has 0 aliphatic carbocycles. The Bertz CT molecular complexity index is 685. The summed E-state index contributed by atoms with van der Waals surface area (Å²) in [6.07, 6.45) is 3.32. The minimum Gasteiger partial charge on any atom is -0.399 e. The smallest absolute Gasteiger partial charge is 0.117 e. The molecule has 4 nitrogen and oxygen atoms in total. The molecular weight excluding hydrogens is 244 g/mol. The monoisotopic (exact) mass is 254 g/mol. The van der Waals surface area contributed by atoms with Crippen molar-refractivity contribution in [3.8, 4) is 0 Å². The van der Waals surface area contributed by atoms with Crippen molar-refractivity contribution in [1.82, 2.24) is 15.0 Å². The summed E-state index contributed by atoms with van der Waals surface area (Å²) in [5.41, 5.74) is 7.40. The van der Waals surface area contributed by atoms with Crippen LogP contribution in [0, 0.1) is 0 Å². The van der Waals surface area contributed by atoms with E-state index >= 15 is 0 Å².